The highest BCUT2D eigenvalue weighted by molar-refractivity contribution is 5.82. The van der Waals surface area contributed by atoms with Crippen molar-refractivity contribution in [3.8, 4) is 0 Å². The van der Waals surface area contributed by atoms with E-state index in [1.165, 1.54) is 31.4 Å². The molecule has 6 heteroatoms. The van der Waals surface area contributed by atoms with Crippen molar-refractivity contribution >= 4 is 11.9 Å². The Hall–Kier alpha value is -1.95. The first-order valence-electron chi connectivity index (χ1n) is 12.0. The molecule has 1 N–H and O–H groups in total. The van der Waals surface area contributed by atoms with Gasteiger partial charge in [0.2, 0.25) is 5.91 Å². The summed E-state index contributed by atoms with van der Waals surface area (Å²) >= 11 is 0. The number of likely N-dealkylation sites (tertiary alicyclic amines) is 1. The summed E-state index contributed by atoms with van der Waals surface area (Å²) in [6.07, 6.45) is 7.19. The Balaban J connectivity index is 1.45. The number of carbonyl (C=O) groups is 2. The van der Waals surface area contributed by atoms with Gasteiger partial charge >= 0.3 is 5.97 Å². The van der Waals surface area contributed by atoms with E-state index in [-0.39, 0.29) is 29.5 Å². The number of rotatable bonds is 5. The quantitative estimate of drug-likeness (QED) is 0.721. The van der Waals surface area contributed by atoms with Crippen LogP contribution in [0.1, 0.15) is 63.4 Å². The Morgan fingerprint density at radius 3 is 2.42 bits per heavy atom. The van der Waals surface area contributed by atoms with Gasteiger partial charge < -0.3 is 15.0 Å². The standard InChI is InChI=1S/C25H35FN2O3/c1-2-31-24(30)25(19-6-4-3-5-7-19)12-14-28(15-13-25)23(29)22-17-27-16-21(22)18-8-10-20(26)11-9-18/h8-11,19,21-22,27H,2-7,12-17H2,1H3/t21-,22?/m0/s1. The van der Waals surface area contributed by atoms with Crippen LogP contribution in [0.15, 0.2) is 24.3 Å². The number of halogens is 1. The topological polar surface area (TPSA) is 58.6 Å². The number of ether oxygens (including phenoxy) is 1. The van der Waals surface area contributed by atoms with Crippen molar-refractivity contribution in [2.24, 2.45) is 17.3 Å². The largest absolute Gasteiger partial charge is 0.466 e. The molecule has 0 spiro atoms. The average Bonchev–Trinajstić information content (AvgIpc) is 3.30. The van der Waals surface area contributed by atoms with Gasteiger partial charge in [0.25, 0.3) is 0 Å². The molecule has 1 saturated carbocycles. The molecule has 3 aliphatic rings. The van der Waals surface area contributed by atoms with Gasteiger partial charge in [-0.3, -0.25) is 9.59 Å². The van der Waals surface area contributed by atoms with E-state index >= 15 is 0 Å². The van der Waals surface area contributed by atoms with E-state index < -0.39 is 5.41 Å². The van der Waals surface area contributed by atoms with Gasteiger partial charge in [-0.25, -0.2) is 4.39 Å². The zero-order valence-electron chi connectivity index (χ0n) is 18.6. The fourth-order valence-electron chi connectivity index (χ4n) is 6.07. The monoisotopic (exact) mass is 430 g/mol. The first-order valence-corrected chi connectivity index (χ1v) is 12.0. The van der Waals surface area contributed by atoms with Crippen LogP contribution in [0.25, 0.3) is 0 Å². The zero-order chi connectivity index (χ0) is 21.8. The normalized spacial score (nSPS) is 26.6. The molecule has 2 saturated heterocycles. The van der Waals surface area contributed by atoms with Crippen molar-refractivity contribution in [3.63, 3.8) is 0 Å². The molecule has 170 valence electrons. The summed E-state index contributed by atoms with van der Waals surface area (Å²) in [5.74, 6) is 0.129. The number of hydrogen-bond donors (Lipinski definition) is 1. The molecule has 1 unspecified atom stereocenters. The van der Waals surface area contributed by atoms with E-state index in [4.69, 9.17) is 4.74 Å². The van der Waals surface area contributed by atoms with Crippen LogP contribution in [0.4, 0.5) is 4.39 Å². The number of amides is 1. The third kappa shape index (κ3) is 4.50. The highest BCUT2D eigenvalue weighted by Gasteiger charge is 2.50. The maximum Gasteiger partial charge on any atom is 0.312 e. The Labute approximate surface area is 184 Å². The lowest BCUT2D eigenvalue weighted by atomic mass is 9.63. The summed E-state index contributed by atoms with van der Waals surface area (Å²) in [4.78, 5) is 28.4. The van der Waals surface area contributed by atoms with Crippen LogP contribution in [0.5, 0.6) is 0 Å². The fraction of sp³-hybridized carbons (Fsp3) is 0.680. The minimum Gasteiger partial charge on any atom is -0.466 e. The third-order valence-corrected chi connectivity index (χ3v) is 7.87. The first-order chi connectivity index (χ1) is 15.0. The van der Waals surface area contributed by atoms with Crippen molar-refractivity contribution in [1.82, 2.24) is 10.2 Å². The van der Waals surface area contributed by atoms with Crippen molar-refractivity contribution < 1.29 is 18.7 Å². The maximum absolute atomic E-state index is 13.4. The van der Waals surface area contributed by atoms with Crippen molar-refractivity contribution in [2.45, 2.75) is 57.8 Å². The average molecular weight is 431 g/mol. The molecule has 5 nitrogen and oxygen atoms in total. The molecular weight excluding hydrogens is 395 g/mol. The molecule has 0 radical (unpaired) electrons. The molecule has 3 fully saturated rings. The number of benzene rings is 1. The van der Waals surface area contributed by atoms with E-state index in [1.807, 2.05) is 11.8 Å². The molecule has 1 aromatic rings. The summed E-state index contributed by atoms with van der Waals surface area (Å²) < 4.78 is 18.9. The molecule has 0 bridgehead atoms. The molecule has 31 heavy (non-hydrogen) atoms. The van der Waals surface area contributed by atoms with Gasteiger partial charge in [-0.05, 0) is 56.2 Å². The smallest absolute Gasteiger partial charge is 0.312 e. The minimum atomic E-state index is -0.433. The number of nitrogens with one attached hydrogen (secondary N) is 1. The lowest BCUT2D eigenvalue weighted by Gasteiger charge is -2.46. The van der Waals surface area contributed by atoms with E-state index in [0.29, 0.717) is 45.0 Å². The minimum absolute atomic E-state index is 0.0549. The number of hydrogen-bond acceptors (Lipinski definition) is 4. The summed E-state index contributed by atoms with van der Waals surface area (Å²) in [6, 6.07) is 6.51. The van der Waals surface area contributed by atoms with Crippen LogP contribution in [0, 0.1) is 23.1 Å². The fourth-order valence-corrected chi connectivity index (χ4v) is 6.07. The van der Waals surface area contributed by atoms with Crippen LogP contribution in [0.2, 0.25) is 0 Å². The van der Waals surface area contributed by atoms with Crippen molar-refractivity contribution in [2.75, 3.05) is 32.8 Å². The van der Waals surface area contributed by atoms with Gasteiger partial charge in [0, 0.05) is 32.1 Å². The summed E-state index contributed by atoms with van der Waals surface area (Å²) in [6.45, 7) is 4.87. The van der Waals surface area contributed by atoms with E-state index in [9.17, 15) is 14.0 Å². The Kier molecular flexibility index (Phi) is 6.95. The van der Waals surface area contributed by atoms with Gasteiger partial charge in [0.05, 0.1) is 17.9 Å². The molecular formula is C25H35FN2O3. The molecule has 4 rings (SSSR count). The third-order valence-electron chi connectivity index (χ3n) is 7.87. The Bertz CT molecular complexity index is 767. The Morgan fingerprint density at radius 1 is 1.10 bits per heavy atom. The van der Waals surface area contributed by atoms with Crippen LogP contribution < -0.4 is 5.32 Å². The molecule has 2 aliphatic heterocycles. The molecule has 0 aromatic heterocycles. The lowest BCUT2D eigenvalue weighted by Crippen LogP contribution is -2.52. The lowest BCUT2D eigenvalue weighted by molar-refractivity contribution is -0.166. The summed E-state index contributed by atoms with van der Waals surface area (Å²) in [5, 5.41) is 3.34. The van der Waals surface area contributed by atoms with Crippen molar-refractivity contribution in [1.29, 1.82) is 0 Å². The van der Waals surface area contributed by atoms with Gasteiger partial charge in [-0.2, -0.15) is 0 Å². The highest BCUT2D eigenvalue weighted by Crippen LogP contribution is 2.47. The van der Waals surface area contributed by atoms with Gasteiger partial charge in [-0.1, -0.05) is 31.4 Å². The van der Waals surface area contributed by atoms with Gasteiger partial charge in [-0.15, -0.1) is 0 Å². The van der Waals surface area contributed by atoms with E-state index in [1.54, 1.807) is 12.1 Å². The number of carbonyl (C=O) groups excluding carboxylic acids is 2. The predicted molar refractivity (Wildman–Crippen MR) is 117 cm³/mol. The predicted octanol–water partition coefficient (Wildman–Crippen LogP) is 3.88. The van der Waals surface area contributed by atoms with Crippen LogP contribution in [0.3, 0.4) is 0 Å². The van der Waals surface area contributed by atoms with Crippen LogP contribution in [-0.2, 0) is 14.3 Å². The second-order valence-corrected chi connectivity index (χ2v) is 9.46. The Morgan fingerprint density at radius 2 is 1.77 bits per heavy atom. The van der Waals surface area contributed by atoms with Crippen molar-refractivity contribution in [3.05, 3.63) is 35.6 Å². The van der Waals surface area contributed by atoms with Crippen LogP contribution >= 0.6 is 0 Å². The molecule has 2 heterocycles. The number of nitrogens with zero attached hydrogens (tertiary/aromatic N) is 1. The summed E-state index contributed by atoms with van der Waals surface area (Å²) in [5.41, 5.74) is 0.571. The zero-order valence-corrected chi connectivity index (χ0v) is 18.6. The molecule has 1 amide bonds. The first kappa shape index (κ1) is 22.3. The van der Waals surface area contributed by atoms with E-state index in [0.717, 1.165) is 24.9 Å². The highest BCUT2D eigenvalue weighted by atomic mass is 19.1. The molecule has 1 aromatic carbocycles. The maximum atomic E-state index is 13.4. The molecule has 2 atom stereocenters. The second kappa shape index (κ2) is 9.68. The molecule has 1 aliphatic carbocycles. The van der Waals surface area contributed by atoms with Crippen LogP contribution in [-0.4, -0.2) is 49.6 Å². The number of piperidine rings is 1. The van der Waals surface area contributed by atoms with Gasteiger partial charge in [0.1, 0.15) is 5.82 Å². The summed E-state index contributed by atoms with van der Waals surface area (Å²) in [7, 11) is 0. The van der Waals surface area contributed by atoms with E-state index in [2.05, 4.69) is 5.32 Å². The number of esters is 1. The second-order valence-electron chi connectivity index (χ2n) is 9.46. The van der Waals surface area contributed by atoms with Gasteiger partial charge in [0.15, 0.2) is 0 Å². The SMILES string of the molecule is CCOC(=O)C1(C2CCCCC2)CCN(C(=O)C2CNC[C@H]2c2ccc(F)cc2)CC1.